The molecule has 0 spiro atoms. The zero-order valence-electron chi connectivity index (χ0n) is 7.55. The summed E-state index contributed by atoms with van der Waals surface area (Å²) in [5, 5.41) is 0. The van der Waals surface area contributed by atoms with Crippen molar-refractivity contribution in [2.24, 2.45) is 4.99 Å². The first-order chi connectivity index (χ1) is 4.91. The summed E-state index contributed by atoms with van der Waals surface area (Å²) in [6.45, 7) is 7.59. The number of methoxy groups -OCH3 is 1. The van der Waals surface area contributed by atoms with Crippen LogP contribution in [0.5, 0.6) is 0 Å². The van der Waals surface area contributed by atoms with E-state index in [0.29, 0.717) is 0 Å². The molecule has 0 aromatic rings. The largest absolute Gasteiger partial charge is 0.383 e. The number of rotatable bonds is 4. The zero-order valence-corrected chi connectivity index (χ0v) is 7.55. The highest BCUT2D eigenvalue weighted by Crippen LogP contribution is 1.72. The molecule has 62 valence electrons. The van der Waals surface area contributed by atoms with Crippen LogP contribution in [0.1, 0.15) is 27.2 Å². The van der Waals surface area contributed by atoms with Gasteiger partial charge in [0.25, 0.3) is 0 Å². The van der Waals surface area contributed by atoms with E-state index in [1.165, 1.54) is 0 Å². The number of hydrogen-bond acceptors (Lipinski definition) is 2. The van der Waals surface area contributed by atoms with Crippen molar-refractivity contribution in [2.45, 2.75) is 27.2 Å². The standard InChI is InChI=1S/C6H13NO.C2H6/c1-3-4-7-5-6-8-2;1-2/h4H,3,5-6H2,1-2H3;1-2H3. The summed E-state index contributed by atoms with van der Waals surface area (Å²) in [5.74, 6) is 0. The third kappa shape index (κ3) is 15.6. The van der Waals surface area contributed by atoms with Gasteiger partial charge >= 0.3 is 0 Å². The second kappa shape index (κ2) is 15.9. The Morgan fingerprint density at radius 3 is 2.40 bits per heavy atom. The number of aliphatic imine (C=N–C) groups is 1. The minimum absolute atomic E-state index is 0.733. The maximum atomic E-state index is 4.77. The van der Waals surface area contributed by atoms with Gasteiger partial charge in [-0.25, -0.2) is 0 Å². The van der Waals surface area contributed by atoms with Crippen LogP contribution in [0.25, 0.3) is 0 Å². The number of hydrogen-bond donors (Lipinski definition) is 0. The van der Waals surface area contributed by atoms with Gasteiger partial charge in [0.05, 0.1) is 13.2 Å². The fourth-order valence-electron chi connectivity index (χ4n) is 0.364. The highest BCUT2D eigenvalue weighted by Gasteiger charge is 1.74. The molecule has 0 fully saturated rings. The number of ether oxygens (including phenoxy) is 1. The second-order valence-electron chi connectivity index (χ2n) is 1.49. The van der Waals surface area contributed by atoms with Gasteiger partial charge in [-0.05, 0) is 12.6 Å². The van der Waals surface area contributed by atoms with Crippen molar-refractivity contribution in [1.29, 1.82) is 0 Å². The zero-order chi connectivity index (χ0) is 8.24. The van der Waals surface area contributed by atoms with Crippen LogP contribution in [0.15, 0.2) is 4.99 Å². The fourth-order valence-corrected chi connectivity index (χ4v) is 0.364. The lowest BCUT2D eigenvalue weighted by molar-refractivity contribution is 0.208. The molecule has 0 saturated heterocycles. The first-order valence-electron chi connectivity index (χ1n) is 3.89. The molecule has 0 aliphatic carbocycles. The van der Waals surface area contributed by atoms with Crippen LogP contribution in [-0.2, 0) is 4.74 Å². The van der Waals surface area contributed by atoms with E-state index in [1.807, 2.05) is 20.1 Å². The molecule has 0 rings (SSSR count). The molecule has 0 unspecified atom stereocenters. The van der Waals surface area contributed by atoms with Gasteiger partial charge in [0, 0.05) is 7.11 Å². The molecule has 0 aliphatic rings. The van der Waals surface area contributed by atoms with Crippen LogP contribution in [0.4, 0.5) is 0 Å². The molecule has 2 heteroatoms. The van der Waals surface area contributed by atoms with E-state index in [1.54, 1.807) is 7.11 Å². The van der Waals surface area contributed by atoms with Gasteiger partial charge in [-0.1, -0.05) is 20.8 Å². The molecular weight excluding hydrogens is 126 g/mol. The van der Waals surface area contributed by atoms with Gasteiger partial charge in [-0.3, -0.25) is 4.99 Å². The lowest BCUT2D eigenvalue weighted by Gasteiger charge is -1.88. The van der Waals surface area contributed by atoms with E-state index in [0.717, 1.165) is 19.6 Å². The van der Waals surface area contributed by atoms with Crippen molar-refractivity contribution in [3.05, 3.63) is 0 Å². The van der Waals surface area contributed by atoms with E-state index >= 15 is 0 Å². The molecule has 0 N–H and O–H groups in total. The van der Waals surface area contributed by atoms with Crippen LogP contribution in [0, 0.1) is 0 Å². The molecule has 0 amide bonds. The Labute approximate surface area is 64.3 Å². The molecule has 2 nitrogen and oxygen atoms in total. The molecule has 0 aliphatic heterocycles. The molecule has 0 bridgehead atoms. The molecule has 0 heterocycles. The Balaban J connectivity index is 0. The Bertz CT molecular complexity index is 62.3. The van der Waals surface area contributed by atoms with Gasteiger partial charge in [0.1, 0.15) is 0 Å². The topological polar surface area (TPSA) is 21.6 Å². The fraction of sp³-hybridized carbons (Fsp3) is 0.875. The third-order valence-corrected chi connectivity index (χ3v) is 0.736. The number of nitrogens with zero attached hydrogens (tertiary/aromatic N) is 1. The van der Waals surface area contributed by atoms with Crippen LogP contribution in [0.2, 0.25) is 0 Å². The summed E-state index contributed by atoms with van der Waals surface area (Å²) < 4.78 is 4.77. The molecular formula is C8H19NO. The average Bonchev–Trinajstić information content (AvgIpc) is 2.02. The first kappa shape index (κ1) is 12.3. The third-order valence-electron chi connectivity index (χ3n) is 0.736. The summed E-state index contributed by atoms with van der Waals surface area (Å²) >= 11 is 0. The molecule has 0 atom stereocenters. The maximum absolute atomic E-state index is 4.77. The predicted molar refractivity (Wildman–Crippen MR) is 46.9 cm³/mol. The van der Waals surface area contributed by atoms with Crippen molar-refractivity contribution in [1.82, 2.24) is 0 Å². The van der Waals surface area contributed by atoms with Crippen molar-refractivity contribution >= 4 is 6.21 Å². The Kier molecular flexibility index (Phi) is 19.5. The van der Waals surface area contributed by atoms with Gasteiger partial charge < -0.3 is 4.74 Å². The molecule has 10 heavy (non-hydrogen) atoms. The molecule has 0 saturated carbocycles. The van der Waals surface area contributed by atoms with Gasteiger partial charge in [0.2, 0.25) is 0 Å². The molecule has 0 aromatic carbocycles. The van der Waals surface area contributed by atoms with Gasteiger partial charge in [0.15, 0.2) is 0 Å². The highest BCUT2D eigenvalue weighted by molar-refractivity contribution is 5.56. The second-order valence-corrected chi connectivity index (χ2v) is 1.49. The van der Waals surface area contributed by atoms with Crippen LogP contribution < -0.4 is 0 Å². The average molecular weight is 145 g/mol. The summed E-state index contributed by atoms with van der Waals surface area (Å²) in [5.41, 5.74) is 0. The smallest absolute Gasteiger partial charge is 0.0657 e. The predicted octanol–water partition coefficient (Wildman–Crippen LogP) is 2.14. The van der Waals surface area contributed by atoms with Crippen molar-refractivity contribution in [3.63, 3.8) is 0 Å². The SMILES string of the molecule is CC.CCC=NCCOC. The van der Waals surface area contributed by atoms with Crippen molar-refractivity contribution < 1.29 is 4.74 Å². The minimum Gasteiger partial charge on any atom is -0.383 e. The van der Waals surface area contributed by atoms with E-state index in [4.69, 9.17) is 4.74 Å². The Hall–Kier alpha value is -0.370. The van der Waals surface area contributed by atoms with E-state index in [9.17, 15) is 0 Å². The van der Waals surface area contributed by atoms with E-state index < -0.39 is 0 Å². The summed E-state index contributed by atoms with van der Waals surface area (Å²) in [4.78, 5) is 4.03. The van der Waals surface area contributed by atoms with Crippen LogP contribution in [0.3, 0.4) is 0 Å². The maximum Gasteiger partial charge on any atom is 0.0657 e. The monoisotopic (exact) mass is 145 g/mol. The first-order valence-corrected chi connectivity index (χ1v) is 3.89. The highest BCUT2D eigenvalue weighted by atomic mass is 16.5. The summed E-state index contributed by atoms with van der Waals surface area (Å²) in [6.07, 6.45) is 2.92. The minimum atomic E-state index is 0.733. The summed E-state index contributed by atoms with van der Waals surface area (Å²) in [6, 6.07) is 0. The lowest BCUT2D eigenvalue weighted by atomic mass is 10.5. The molecule has 0 radical (unpaired) electrons. The van der Waals surface area contributed by atoms with Crippen molar-refractivity contribution in [2.75, 3.05) is 20.3 Å². The lowest BCUT2D eigenvalue weighted by Crippen LogP contribution is -1.91. The summed E-state index contributed by atoms with van der Waals surface area (Å²) in [7, 11) is 1.68. The van der Waals surface area contributed by atoms with Crippen molar-refractivity contribution in [3.8, 4) is 0 Å². The van der Waals surface area contributed by atoms with E-state index in [2.05, 4.69) is 11.9 Å². The van der Waals surface area contributed by atoms with E-state index in [-0.39, 0.29) is 0 Å². The normalized spacial score (nSPS) is 9.20. The van der Waals surface area contributed by atoms with Crippen LogP contribution >= 0.6 is 0 Å². The van der Waals surface area contributed by atoms with Crippen LogP contribution in [-0.4, -0.2) is 26.5 Å². The molecule has 0 aromatic heterocycles. The van der Waals surface area contributed by atoms with Gasteiger partial charge in [-0.2, -0.15) is 0 Å². The Morgan fingerprint density at radius 1 is 1.40 bits per heavy atom. The quantitative estimate of drug-likeness (QED) is 0.438. The Morgan fingerprint density at radius 2 is 2.00 bits per heavy atom. The van der Waals surface area contributed by atoms with Gasteiger partial charge in [-0.15, -0.1) is 0 Å².